The first-order valence-electron chi connectivity index (χ1n) is 6.39. The lowest BCUT2D eigenvalue weighted by molar-refractivity contribution is 0.0698. The molecule has 0 heterocycles. The largest absolute Gasteiger partial charge is 0.395 e. The number of nitrogens with zero attached hydrogens (tertiary/aromatic N) is 1. The van der Waals surface area contributed by atoms with Gasteiger partial charge in [-0.25, -0.2) is 0 Å². The molecule has 2 heteroatoms. The maximum atomic E-state index is 9.02. The SMILES string of the molecule is CN(CCO)C1CCCCCCC1(C)C. The number of rotatable bonds is 3. The molecule has 0 amide bonds. The van der Waals surface area contributed by atoms with E-state index >= 15 is 0 Å². The van der Waals surface area contributed by atoms with Crippen LogP contribution in [0.3, 0.4) is 0 Å². The number of hydrogen-bond donors (Lipinski definition) is 1. The molecule has 1 fully saturated rings. The number of aliphatic hydroxyl groups excluding tert-OH is 1. The van der Waals surface area contributed by atoms with Crippen molar-refractivity contribution in [3.05, 3.63) is 0 Å². The Labute approximate surface area is 94.7 Å². The molecule has 0 aromatic rings. The second-order valence-corrected chi connectivity index (χ2v) is 5.66. The van der Waals surface area contributed by atoms with Crippen molar-refractivity contribution < 1.29 is 5.11 Å². The van der Waals surface area contributed by atoms with E-state index in [9.17, 15) is 0 Å². The molecule has 1 saturated carbocycles. The molecule has 1 atom stereocenters. The Balaban J connectivity index is 2.61. The van der Waals surface area contributed by atoms with Crippen LogP contribution in [0.1, 0.15) is 52.4 Å². The van der Waals surface area contributed by atoms with Crippen LogP contribution in [0, 0.1) is 5.41 Å². The van der Waals surface area contributed by atoms with Crippen molar-refractivity contribution in [3.8, 4) is 0 Å². The average Bonchev–Trinajstić information content (AvgIpc) is 2.13. The van der Waals surface area contributed by atoms with Crippen molar-refractivity contribution in [3.63, 3.8) is 0 Å². The summed E-state index contributed by atoms with van der Waals surface area (Å²) >= 11 is 0. The minimum absolute atomic E-state index is 0.281. The summed E-state index contributed by atoms with van der Waals surface area (Å²) in [6.07, 6.45) is 8.14. The minimum Gasteiger partial charge on any atom is -0.395 e. The Morgan fingerprint density at radius 3 is 2.53 bits per heavy atom. The van der Waals surface area contributed by atoms with Gasteiger partial charge in [0.05, 0.1) is 6.61 Å². The lowest BCUT2D eigenvalue weighted by atomic mass is 9.75. The molecule has 90 valence electrons. The molecule has 1 aliphatic carbocycles. The van der Waals surface area contributed by atoms with Crippen molar-refractivity contribution in [2.75, 3.05) is 20.2 Å². The van der Waals surface area contributed by atoms with E-state index < -0.39 is 0 Å². The molecule has 0 aromatic carbocycles. The zero-order valence-electron chi connectivity index (χ0n) is 10.6. The number of likely N-dealkylation sites (N-methyl/N-ethyl adjacent to an activating group) is 1. The summed E-state index contributed by atoms with van der Waals surface area (Å²) in [5.74, 6) is 0. The number of aliphatic hydroxyl groups is 1. The van der Waals surface area contributed by atoms with Gasteiger partial charge in [0.25, 0.3) is 0 Å². The van der Waals surface area contributed by atoms with Crippen LogP contribution in [0.15, 0.2) is 0 Å². The summed E-state index contributed by atoms with van der Waals surface area (Å²) in [5, 5.41) is 9.02. The zero-order valence-corrected chi connectivity index (χ0v) is 10.6. The van der Waals surface area contributed by atoms with Crippen molar-refractivity contribution >= 4 is 0 Å². The van der Waals surface area contributed by atoms with Crippen LogP contribution in [0.4, 0.5) is 0 Å². The van der Waals surface area contributed by atoms with Crippen LogP contribution in [0.2, 0.25) is 0 Å². The Bertz CT molecular complexity index is 179. The fourth-order valence-electron chi connectivity index (χ4n) is 2.96. The molecule has 1 rings (SSSR count). The maximum absolute atomic E-state index is 9.02. The van der Waals surface area contributed by atoms with Crippen LogP contribution in [-0.4, -0.2) is 36.2 Å². The van der Waals surface area contributed by atoms with Gasteiger partial charge >= 0.3 is 0 Å². The fourth-order valence-corrected chi connectivity index (χ4v) is 2.96. The second-order valence-electron chi connectivity index (χ2n) is 5.66. The summed E-state index contributed by atoms with van der Waals surface area (Å²) < 4.78 is 0. The molecule has 0 aromatic heterocycles. The number of hydrogen-bond acceptors (Lipinski definition) is 2. The molecule has 0 radical (unpaired) electrons. The topological polar surface area (TPSA) is 23.5 Å². The summed E-state index contributed by atoms with van der Waals surface area (Å²) in [6, 6.07) is 0.643. The smallest absolute Gasteiger partial charge is 0.0558 e. The standard InChI is InChI=1S/C13H27NO/c1-13(2)9-7-5-4-6-8-12(13)14(3)10-11-15/h12,15H,4-11H2,1-3H3. The highest BCUT2D eigenvalue weighted by atomic mass is 16.3. The van der Waals surface area contributed by atoms with E-state index in [1.165, 1.54) is 38.5 Å². The van der Waals surface area contributed by atoms with Gasteiger partial charge in [0.1, 0.15) is 0 Å². The van der Waals surface area contributed by atoms with E-state index in [0.717, 1.165) is 6.54 Å². The minimum atomic E-state index is 0.281. The monoisotopic (exact) mass is 213 g/mol. The molecular weight excluding hydrogens is 186 g/mol. The van der Waals surface area contributed by atoms with E-state index in [0.29, 0.717) is 11.5 Å². The van der Waals surface area contributed by atoms with E-state index in [1.54, 1.807) is 0 Å². The van der Waals surface area contributed by atoms with Crippen molar-refractivity contribution in [2.45, 2.75) is 58.4 Å². The van der Waals surface area contributed by atoms with Crippen molar-refractivity contribution in [1.29, 1.82) is 0 Å². The predicted molar refractivity (Wildman–Crippen MR) is 65.0 cm³/mol. The van der Waals surface area contributed by atoms with Crippen molar-refractivity contribution in [1.82, 2.24) is 4.90 Å². The van der Waals surface area contributed by atoms with E-state index in [2.05, 4.69) is 25.8 Å². The van der Waals surface area contributed by atoms with E-state index in [1.807, 2.05) is 0 Å². The Morgan fingerprint density at radius 1 is 1.20 bits per heavy atom. The van der Waals surface area contributed by atoms with E-state index in [-0.39, 0.29) is 6.61 Å². The molecule has 2 nitrogen and oxygen atoms in total. The molecule has 0 aliphatic heterocycles. The predicted octanol–water partition coefficient (Wildman–Crippen LogP) is 2.66. The van der Waals surface area contributed by atoms with Gasteiger partial charge in [0, 0.05) is 12.6 Å². The Hall–Kier alpha value is -0.0800. The van der Waals surface area contributed by atoms with Crippen LogP contribution < -0.4 is 0 Å². The first-order valence-corrected chi connectivity index (χ1v) is 6.39. The Kier molecular flexibility index (Phi) is 5.07. The third-order valence-electron chi connectivity index (χ3n) is 3.94. The molecule has 15 heavy (non-hydrogen) atoms. The van der Waals surface area contributed by atoms with E-state index in [4.69, 9.17) is 5.11 Å². The third-order valence-corrected chi connectivity index (χ3v) is 3.94. The molecule has 0 spiro atoms. The van der Waals surface area contributed by atoms with Crippen LogP contribution in [0.5, 0.6) is 0 Å². The van der Waals surface area contributed by atoms with Crippen LogP contribution in [-0.2, 0) is 0 Å². The van der Waals surface area contributed by atoms with Gasteiger partial charge in [-0.05, 0) is 25.3 Å². The van der Waals surface area contributed by atoms with Crippen LogP contribution in [0.25, 0.3) is 0 Å². The van der Waals surface area contributed by atoms with Gasteiger partial charge in [0.2, 0.25) is 0 Å². The maximum Gasteiger partial charge on any atom is 0.0558 e. The quantitative estimate of drug-likeness (QED) is 0.779. The van der Waals surface area contributed by atoms with Gasteiger partial charge in [-0.3, -0.25) is 0 Å². The first-order chi connectivity index (χ1) is 7.08. The van der Waals surface area contributed by atoms with Crippen LogP contribution >= 0.6 is 0 Å². The van der Waals surface area contributed by atoms with Gasteiger partial charge < -0.3 is 10.0 Å². The third kappa shape index (κ3) is 3.76. The summed E-state index contributed by atoms with van der Waals surface area (Å²) in [4.78, 5) is 2.35. The highest BCUT2D eigenvalue weighted by molar-refractivity contribution is 4.86. The normalized spacial score (nSPS) is 27.4. The fraction of sp³-hybridized carbons (Fsp3) is 1.00. The molecular formula is C13H27NO. The highest BCUT2D eigenvalue weighted by Gasteiger charge is 2.32. The summed E-state index contributed by atoms with van der Waals surface area (Å²) in [7, 11) is 2.16. The lowest BCUT2D eigenvalue weighted by Crippen LogP contribution is -2.44. The van der Waals surface area contributed by atoms with Gasteiger partial charge in [0.15, 0.2) is 0 Å². The van der Waals surface area contributed by atoms with Crippen molar-refractivity contribution in [2.24, 2.45) is 5.41 Å². The first kappa shape index (κ1) is 13.0. The van der Waals surface area contributed by atoms with Gasteiger partial charge in [-0.1, -0.05) is 39.5 Å². The van der Waals surface area contributed by atoms with Gasteiger partial charge in [-0.15, -0.1) is 0 Å². The lowest BCUT2D eigenvalue weighted by Gasteiger charge is -2.42. The second kappa shape index (κ2) is 5.86. The average molecular weight is 213 g/mol. The molecule has 1 aliphatic rings. The zero-order chi connectivity index (χ0) is 11.3. The highest BCUT2D eigenvalue weighted by Crippen LogP contribution is 2.35. The molecule has 1 unspecified atom stereocenters. The molecule has 1 N–H and O–H groups in total. The summed E-state index contributed by atoms with van der Waals surface area (Å²) in [5.41, 5.74) is 0.407. The van der Waals surface area contributed by atoms with Gasteiger partial charge in [-0.2, -0.15) is 0 Å². The summed E-state index contributed by atoms with van der Waals surface area (Å²) in [6.45, 7) is 5.87. The Morgan fingerprint density at radius 2 is 1.87 bits per heavy atom. The molecule has 0 saturated heterocycles. The molecule has 0 bridgehead atoms.